The summed E-state index contributed by atoms with van der Waals surface area (Å²) in [5.41, 5.74) is 8.17. The Morgan fingerprint density at radius 3 is 2.72 bits per heavy atom. The molecule has 3 rings (SSSR count). The fraction of sp³-hybridized carbons (Fsp3) is 0.400. The van der Waals surface area contributed by atoms with Crippen molar-refractivity contribution in [3.63, 3.8) is 0 Å². The second kappa shape index (κ2) is 5.04. The smallest absolute Gasteiger partial charge is 0.0705 e. The van der Waals surface area contributed by atoms with Gasteiger partial charge >= 0.3 is 0 Å². The molecule has 1 saturated heterocycles. The summed E-state index contributed by atoms with van der Waals surface area (Å²) in [6.07, 6.45) is 2.21. The van der Waals surface area contributed by atoms with Gasteiger partial charge in [-0.3, -0.25) is 9.88 Å². The Labute approximate surface area is 108 Å². The predicted molar refractivity (Wildman–Crippen MR) is 74.2 cm³/mol. The van der Waals surface area contributed by atoms with E-state index in [-0.39, 0.29) is 0 Å². The molecular weight excluding hydrogens is 222 g/mol. The van der Waals surface area contributed by atoms with E-state index in [0.717, 1.165) is 43.7 Å². The van der Waals surface area contributed by atoms with E-state index in [9.17, 15) is 0 Å². The Kier molecular flexibility index (Phi) is 3.26. The van der Waals surface area contributed by atoms with Gasteiger partial charge in [-0.2, -0.15) is 0 Å². The fourth-order valence-electron chi connectivity index (χ4n) is 2.54. The quantitative estimate of drug-likeness (QED) is 0.876. The van der Waals surface area contributed by atoms with Gasteiger partial charge in [0.25, 0.3) is 0 Å². The van der Waals surface area contributed by atoms with Crippen LogP contribution in [0, 0.1) is 0 Å². The average Bonchev–Trinajstić information content (AvgIpc) is 2.41. The first-order valence-corrected chi connectivity index (χ1v) is 6.64. The number of nitrogens with zero attached hydrogens (tertiary/aromatic N) is 2. The van der Waals surface area contributed by atoms with Crippen LogP contribution in [0.3, 0.4) is 0 Å². The van der Waals surface area contributed by atoms with Crippen molar-refractivity contribution in [1.29, 1.82) is 0 Å². The van der Waals surface area contributed by atoms with Crippen LogP contribution >= 0.6 is 0 Å². The summed E-state index contributed by atoms with van der Waals surface area (Å²) < 4.78 is 0. The van der Waals surface area contributed by atoms with Crippen molar-refractivity contribution >= 4 is 10.9 Å². The molecule has 18 heavy (non-hydrogen) atoms. The number of benzene rings is 1. The van der Waals surface area contributed by atoms with Crippen molar-refractivity contribution in [2.45, 2.75) is 25.4 Å². The summed E-state index contributed by atoms with van der Waals surface area (Å²) >= 11 is 0. The molecule has 3 nitrogen and oxygen atoms in total. The third-order valence-corrected chi connectivity index (χ3v) is 3.67. The van der Waals surface area contributed by atoms with Gasteiger partial charge in [0.2, 0.25) is 0 Å². The van der Waals surface area contributed by atoms with E-state index in [4.69, 9.17) is 10.7 Å². The van der Waals surface area contributed by atoms with Crippen LogP contribution in [0.15, 0.2) is 36.4 Å². The van der Waals surface area contributed by atoms with Gasteiger partial charge < -0.3 is 5.73 Å². The minimum atomic E-state index is 0.394. The molecule has 0 unspecified atom stereocenters. The molecule has 1 aliphatic heterocycles. The standard InChI is InChI=1S/C15H19N3/c16-13-7-9-18(10-8-13)11-14-6-5-12-3-1-2-4-15(12)17-14/h1-6,13H,7-11,16H2. The summed E-state index contributed by atoms with van der Waals surface area (Å²) in [7, 11) is 0. The highest BCUT2D eigenvalue weighted by Crippen LogP contribution is 2.15. The summed E-state index contributed by atoms with van der Waals surface area (Å²) in [5.74, 6) is 0. The molecule has 1 aromatic carbocycles. The lowest BCUT2D eigenvalue weighted by molar-refractivity contribution is 0.204. The van der Waals surface area contributed by atoms with E-state index in [2.05, 4.69) is 35.2 Å². The number of hydrogen-bond acceptors (Lipinski definition) is 3. The van der Waals surface area contributed by atoms with Crippen LogP contribution in [0.5, 0.6) is 0 Å². The highest BCUT2D eigenvalue weighted by atomic mass is 15.1. The summed E-state index contributed by atoms with van der Waals surface area (Å²) in [6.45, 7) is 3.13. The monoisotopic (exact) mass is 241 g/mol. The zero-order valence-electron chi connectivity index (χ0n) is 10.5. The average molecular weight is 241 g/mol. The van der Waals surface area contributed by atoms with Gasteiger partial charge in [-0.25, -0.2) is 0 Å². The number of piperidine rings is 1. The number of fused-ring (bicyclic) bond motifs is 1. The Hall–Kier alpha value is -1.45. The predicted octanol–water partition coefficient (Wildman–Crippen LogP) is 2.16. The minimum Gasteiger partial charge on any atom is -0.328 e. The number of hydrogen-bond donors (Lipinski definition) is 1. The molecule has 0 radical (unpaired) electrons. The van der Waals surface area contributed by atoms with Crippen molar-refractivity contribution in [1.82, 2.24) is 9.88 Å². The summed E-state index contributed by atoms with van der Waals surface area (Å²) in [5, 5.41) is 1.21. The Morgan fingerprint density at radius 2 is 1.89 bits per heavy atom. The summed E-state index contributed by atoms with van der Waals surface area (Å²) in [4.78, 5) is 7.16. The molecule has 0 amide bonds. The van der Waals surface area contributed by atoms with E-state index in [1.165, 1.54) is 5.39 Å². The molecule has 0 aliphatic carbocycles. The SMILES string of the molecule is NC1CCN(Cc2ccc3ccccc3n2)CC1. The highest BCUT2D eigenvalue weighted by molar-refractivity contribution is 5.78. The van der Waals surface area contributed by atoms with E-state index in [0.29, 0.717) is 6.04 Å². The number of nitrogens with two attached hydrogens (primary N) is 1. The Bertz CT molecular complexity index is 530. The molecule has 0 saturated carbocycles. The molecule has 2 aromatic rings. The van der Waals surface area contributed by atoms with Crippen LogP contribution in [0.2, 0.25) is 0 Å². The number of para-hydroxylation sites is 1. The molecule has 0 spiro atoms. The van der Waals surface area contributed by atoms with Crippen molar-refractivity contribution in [3.8, 4) is 0 Å². The lowest BCUT2D eigenvalue weighted by atomic mass is 10.1. The highest BCUT2D eigenvalue weighted by Gasteiger charge is 2.16. The van der Waals surface area contributed by atoms with Gasteiger partial charge in [0.15, 0.2) is 0 Å². The maximum absolute atomic E-state index is 5.92. The minimum absolute atomic E-state index is 0.394. The number of rotatable bonds is 2. The van der Waals surface area contributed by atoms with Crippen LogP contribution in [0.4, 0.5) is 0 Å². The number of pyridine rings is 1. The lowest BCUT2D eigenvalue weighted by Gasteiger charge is -2.29. The lowest BCUT2D eigenvalue weighted by Crippen LogP contribution is -2.39. The second-order valence-corrected chi connectivity index (χ2v) is 5.11. The summed E-state index contributed by atoms with van der Waals surface area (Å²) in [6, 6.07) is 13.0. The second-order valence-electron chi connectivity index (χ2n) is 5.11. The molecule has 2 N–H and O–H groups in total. The van der Waals surface area contributed by atoms with Crippen LogP contribution in [0.1, 0.15) is 18.5 Å². The molecule has 2 heterocycles. The first-order chi connectivity index (χ1) is 8.81. The van der Waals surface area contributed by atoms with Gasteiger partial charge in [0.05, 0.1) is 11.2 Å². The molecule has 3 heteroatoms. The van der Waals surface area contributed by atoms with E-state index >= 15 is 0 Å². The molecule has 1 aliphatic rings. The first kappa shape index (κ1) is 11.6. The maximum atomic E-state index is 5.92. The largest absolute Gasteiger partial charge is 0.328 e. The third kappa shape index (κ3) is 2.52. The fourth-order valence-corrected chi connectivity index (χ4v) is 2.54. The van der Waals surface area contributed by atoms with Crippen LogP contribution in [-0.2, 0) is 6.54 Å². The number of likely N-dealkylation sites (tertiary alicyclic amines) is 1. The van der Waals surface area contributed by atoms with Gasteiger partial charge in [-0.05, 0) is 25.0 Å². The van der Waals surface area contributed by atoms with E-state index in [1.54, 1.807) is 0 Å². The van der Waals surface area contributed by atoms with Crippen molar-refractivity contribution in [3.05, 3.63) is 42.1 Å². The topological polar surface area (TPSA) is 42.1 Å². The first-order valence-electron chi connectivity index (χ1n) is 6.64. The molecule has 1 aromatic heterocycles. The molecule has 0 bridgehead atoms. The normalized spacial score (nSPS) is 18.3. The van der Waals surface area contributed by atoms with E-state index < -0.39 is 0 Å². The molecular formula is C15H19N3. The Morgan fingerprint density at radius 1 is 1.11 bits per heavy atom. The van der Waals surface area contributed by atoms with Crippen molar-refractivity contribution < 1.29 is 0 Å². The molecule has 0 atom stereocenters. The molecule has 1 fully saturated rings. The van der Waals surface area contributed by atoms with E-state index in [1.807, 2.05) is 6.07 Å². The van der Waals surface area contributed by atoms with Crippen molar-refractivity contribution in [2.75, 3.05) is 13.1 Å². The zero-order valence-corrected chi connectivity index (χ0v) is 10.5. The van der Waals surface area contributed by atoms with Crippen molar-refractivity contribution in [2.24, 2.45) is 5.73 Å². The van der Waals surface area contributed by atoms with Crippen LogP contribution in [-0.4, -0.2) is 29.0 Å². The maximum Gasteiger partial charge on any atom is 0.0705 e. The van der Waals surface area contributed by atoms with Gasteiger partial charge in [0.1, 0.15) is 0 Å². The third-order valence-electron chi connectivity index (χ3n) is 3.67. The molecule has 94 valence electrons. The number of aromatic nitrogens is 1. The van der Waals surface area contributed by atoms with Crippen LogP contribution < -0.4 is 5.73 Å². The van der Waals surface area contributed by atoms with Crippen LogP contribution in [0.25, 0.3) is 10.9 Å². The zero-order chi connectivity index (χ0) is 12.4. The Balaban J connectivity index is 1.74. The van der Waals surface area contributed by atoms with Gasteiger partial charge in [-0.1, -0.05) is 24.3 Å². The van der Waals surface area contributed by atoms with Gasteiger partial charge in [-0.15, -0.1) is 0 Å². The van der Waals surface area contributed by atoms with Gasteiger partial charge in [0, 0.05) is 31.1 Å².